The summed E-state index contributed by atoms with van der Waals surface area (Å²) >= 11 is 0. The summed E-state index contributed by atoms with van der Waals surface area (Å²) in [5.41, 5.74) is 11.9. The van der Waals surface area contributed by atoms with E-state index in [1.165, 1.54) is 21.5 Å². The fourth-order valence-corrected chi connectivity index (χ4v) is 8.77. The zero-order valence-electron chi connectivity index (χ0n) is 32.3. The molecule has 9 aromatic carbocycles. The predicted octanol–water partition coefficient (Wildman–Crippen LogP) is 14.4. The van der Waals surface area contributed by atoms with Crippen molar-refractivity contribution in [3.05, 3.63) is 206 Å². The first kappa shape index (κ1) is 33.9. The smallest absolute Gasteiger partial charge is 0.164 e. The van der Waals surface area contributed by atoms with Gasteiger partial charge in [0, 0.05) is 49.5 Å². The highest BCUT2D eigenvalue weighted by Gasteiger charge is 2.22. The molecule has 0 radical (unpaired) electrons. The van der Waals surface area contributed by atoms with Gasteiger partial charge in [-0.25, -0.2) is 15.0 Å². The number of nitrogens with zero attached hydrogens (tertiary/aromatic N) is 4. The summed E-state index contributed by atoms with van der Waals surface area (Å²) in [6, 6.07) is 72.2. The van der Waals surface area contributed by atoms with E-state index >= 15 is 0 Å². The lowest BCUT2D eigenvalue weighted by molar-refractivity contribution is 0.670. The van der Waals surface area contributed by atoms with Gasteiger partial charge in [-0.1, -0.05) is 164 Å². The normalized spacial score (nSPS) is 11.7. The van der Waals surface area contributed by atoms with Crippen molar-refractivity contribution in [1.29, 1.82) is 0 Å². The topological polar surface area (TPSA) is 56.7 Å². The second-order valence-corrected chi connectivity index (χ2v) is 15.2. The van der Waals surface area contributed by atoms with Gasteiger partial charge in [0.05, 0.1) is 11.0 Å². The van der Waals surface area contributed by atoms with Crippen LogP contribution in [0.15, 0.2) is 211 Å². The molecule has 0 aliphatic carbocycles. The molecule has 0 N–H and O–H groups in total. The number of hydrogen-bond donors (Lipinski definition) is 0. The molecule has 0 unspecified atom stereocenters. The van der Waals surface area contributed by atoms with E-state index in [0.717, 1.165) is 77.6 Å². The lowest BCUT2D eigenvalue weighted by Crippen LogP contribution is -2.02. The maximum atomic E-state index is 6.72. The number of para-hydroxylation sites is 3. The minimum absolute atomic E-state index is 0.578. The highest BCUT2D eigenvalue weighted by atomic mass is 16.3. The molecule has 0 saturated carbocycles. The molecule has 0 aliphatic heterocycles. The third-order valence-corrected chi connectivity index (χ3v) is 11.7. The van der Waals surface area contributed by atoms with Gasteiger partial charge in [0.25, 0.3) is 0 Å². The van der Waals surface area contributed by atoms with Crippen LogP contribution in [0, 0.1) is 0 Å². The summed E-state index contributed by atoms with van der Waals surface area (Å²) in [4.78, 5) is 15.6. The second-order valence-electron chi connectivity index (χ2n) is 15.2. The van der Waals surface area contributed by atoms with Crippen molar-refractivity contribution >= 4 is 54.5 Å². The van der Waals surface area contributed by atoms with Gasteiger partial charge in [-0.15, -0.1) is 0 Å². The number of aromatic nitrogens is 4. The van der Waals surface area contributed by atoms with Crippen LogP contribution in [0.25, 0.3) is 117 Å². The molecule has 5 nitrogen and oxygen atoms in total. The van der Waals surface area contributed by atoms with Crippen molar-refractivity contribution < 1.29 is 4.42 Å². The number of hydrogen-bond acceptors (Lipinski definition) is 4. The van der Waals surface area contributed by atoms with E-state index in [1.807, 2.05) is 48.5 Å². The van der Waals surface area contributed by atoms with Crippen molar-refractivity contribution in [2.24, 2.45) is 0 Å². The van der Waals surface area contributed by atoms with Gasteiger partial charge >= 0.3 is 0 Å². The van der Waals surface area contributed by atoms with Crippen LogP contribution in [0.1, 0.15) is 0 Å². The lowest BCUT2D eigenvalue weighted by atomic mass is 9.96. The van der Waals surface area contributed by atoms with Crippen LogP contribution in [0.4, 0.5) is 0 Å². The van der Waals surface area contributed by atoms with E-state index < -0.39 is 0 Å². The summed E-state index contributed by atoms with van der Waals surface area (Å²) in [6.07, 6.45) is 0. The molecule has 280 valence electrons. The summed E-state index contributed by atoms with van der Waals surface area (Å²) in [5.74, 6) is 1.78. The number of furan rings is 1. The third-order valence-electron chi connectivity index (χ3n) is 11.7. The van der Waals surface area contributed by atoms with Gasteiger partial charge in [-0.05, 0) is 69.9 Å². The van der Waals surface area contributed by atoms with Gasteiger partial charge < -0.3 is 8.98 Å². The van der Waals surface area contributed by atoms with Gasteiger partial charge in [0.2, 0.25) is 0 Å². The summed E-state index contributed by atoms with van der Waals surface area (Å²) in [6.45, 7) is 0. The predicted molar refractivity (Wildman–Crippen MR) is 246 cm³/mol. The van der Waals surface area contributed by atoms with E-state index in [9.17, 15) is 0 Å². The lowest BCUT2D eigenvalue weighted by Gasteiger charge is -2.16. The second kappa shape index (κ2) is 13.8. The molecule has 3 heterocycles. The van der Waals surface area contributed by atoms with Gasteiger partial charge in [-0.2, -0.15) is 0 Å². The Morgan fingerprint density at radius 3 is 1.70 bits per heavy atom. The average molecular weight is 767 g/mol. The molecule has 12 rings (SSSR count). The molecular weight excluding hydrogens is 733 g/mol. The zero-order valence-corrected chi connectivity index (χ0v) is 32.3. The average Bonchev–Trinajstić information content (AvgIpc) is 3.86. The van der Waals surface area contributed by atoms with E-state index in [1.54, 1.807) is 0 Å². The van der Waals surface area contributed by atoms with E-state index in [4.69, 9.17) is 19.4 Å². The highest BCUT2D eigenvalue weighted by molar-refractivity contribution is 6.14. The molecule has 60 heavy (non-hydrogen) atoms. The van der Waals surface area contributed by atoms with Crippen molar-refractivity contribution in [1.82, 2.24) is 19.5 Å². The van der Waals surface area contributed by atoms with Crippen LogP contribution in [0.3, 0.4) is 0 Å². The van der Waals surface area contributed by atoms with E-state index in [0.29, 0.717) is 17.5 Å². The molecule has 0 spiro atoms. The van der Waals surface area contributed by atoms with Crippen LogP contribution in [0.5, 0.6) is 0 Å². The Kier molecular flexibility index (Phi) is 7.78. The Morgan fingerprint density at radius 1 is 0.333 bits per heavy atom. The molecule has 0 saturated heterocycles. The van der Waals surface area contributed by atoms with Crippen molar-refractivity contribution in [2.75, 3.05) is 0 Å². The molecule has 12 aromatic rings. The van der Waals surface area contributed by atoms with Gasteiger partial charge in [-0.3, -0.25) is 0 Å². The third kappa shape index (κ3) is 5.59. The molecule has 5 heteroatoms. The first-order valence-corrected chi connectivity index (χ1v) is 20.2. The summed E-state index contributed by atoms with van der Waals surface area (Å²) < 4.78 is 9.10. The Labute approximate surface area is 345 Å². The fraction of sp³-hybridized carbons (Fsp3) is 0. The zero-order chi connectivity index (χ0) is 39.6. The maximum Gasteiger partial charge on any atom is 0.164 e. The Morgan fingerprint density at radius 2 is 0.917 bits per heavy atom. The van der Waals surface area contributed by atoms with Gasteiger partial charge in [0.15, 0.2) is 17.5 Å². The highest BCUT2D eigenvalue weighted by Crippen LogP contribution is 2.42. The number of rotatable bonds is 6. The fourth-order valence-electron chi connectivity index (χ4n) is 8.77. The minimum Gasteiger partial charge on any atom is -0.455 e. The quantitative estimate of drug-likeness (QED) is 0.169. The minimum atomic E-state index is 0.578. The van der Waals surface area contributed by atoms with Gasteiger partial charge in [0.1, 0.15) is 11.2 Å². The largest absolute Gasteiger partial charge is 0.455 e. The molecule has 3 aromatic heterocycles. The summed E-state index contributed by atoms with van der Waals surface area (Å²) in [7, 11) is 0. The Bertz CT molecular complexity index is 3590. The van der Waals surface area contributed by atoms with Crippen molar-refractivity contribution in [3.63, 3.8) is 0 Å². The van der Waals surface area contributed by atoms with Crippen LogP contribution >= 0.6 is 0 Å². The molecular formula is C55H34N4O. The summed E-state index contributed by atoms with van der Waals surface area (Å²) in [5, 5.41) is 6.96. The Hall–Kier alpha value is -8.15. The number of fused-ring (bicyclic) bond motifs is 7. The van der Waals surface area contributed by atoms with Crippen molar-refractivity contribution in [3.8, 4) is 62.1 Å². The Balaban J connectivity index is 1.12. The molecule has 0 fully saturated rings. The SMILES string of the molecule is c1ccc(-c2ccc(-c3nc(-c4ccccc4)nc(-c4ccc(-n5c6ccccc6c6cc7ccccc7cc65)cc4-c4cccc5c4oc4ccccc45)n3)cc2)cc1. The standard InChI is InChI=1S/C55H34N4O/c1-3-14-35(15-4-1)36-26-28-38(29-27-36)54-56-53(37-16-5-2-6-17-37)57-55(58-54)46-31-30-41(34-47(46)45-23-13-22-44-43-21-10-12-25-51(43)60-52(44)45)59-49-24-11-9-20-42(49)48-32-39-18-7-8-19-40(39)33-50(48)59/h1-34H. The van der Waals surface area contributed by atoms with Crippen LogP contribution in [-0.4, -0.2) is 19.5 Å². The van der Waals surface area contributed by atoms with E-state index in [-0.39, 0.29) is 0 Å². The van der Waals surface area contributed by atoms with Crippen LogP contribution in [0.2, 0.25) is 0 Å². The monoisotopic (exact) mass is 766 g/mol. The van der Waals surface area contributed by atoms with Crippen LogP contribution < -0.4 is 0 Å². The van der Waals surface area contributed by atoms with E-state index in [2.05, 4.69) is 162 Å². The van der Waals surface area contributed by atoms with Crippen molar-refractivity contribution in [2.45, 2.75) is 0 Å². The first-order chi connectivity index (χ1) is 29.7. The molecule has 0 atom stereocenters. The number of benzene rings is 9. The first-order valence-electron chi connectivity index (χ1n) is 20.2. The molecule has 0 aliphatic rings. The molecule has 0 amide bonds. The maximum absolute atomic E-state index is 6.72. The van der Waals surface area contributed by atoms with Crippen LogP contribution in [-0.2, 0) is 0 Å². The molecule has 0 bridgehead atoms.